The van der Waals surface area contributed by atoms with Crippen LogP contribution in [-0.4, -0.2) is 20.1 Å². The van der Waals surface area contributed by atoms with Crippen LogP contribution in [0.3, 0.4) is 0 Å². The Balaban J connectivity index is 2.14. The zero-order valence-electron chi connectivity index (χ0n) is 14.1. The van der Waals surface area contributed by atoms with Crippen LogP contribution in [0.25, 0.3) is 0 Å². The Hall–Kier alpha value is -2.49. The number of rotatable bonds is 6. The van der Waals surface area contributed by atoms with E-state index < -0.39 is 0 Å². The van der Waals surface area contributed by atoms with Gasteiger partial charge in [-0.3, -0.25) is 4.79 Å². The lowest BCUT2D eigenvalue weighted by molar-refractivity contribution is 0.0939. The SMILES string of the molecule is CCc1ccc([C@H](C)NC(=O)c2cc(OC)cc(OC)c2)cc1. The summed E-state index contributed by atoms with van der Waals surface area (Å²) < 4.78 is 10.4. The second-order valence-electron chi connectivity index (χ2n) is 5.39. The van der Waals surface area contributed by atoms with Crippen LogP contribution in [0.15, 0.2) is 42.5 Å². The minimum atomic E-state index is -0.158. The van der Waals surface area contributed by atoms with Gasteiger partial charge in [0.2, 0.25) is 0 Å². The van der Waals surface area contributed by atoms with Crippen molar-refractivity contribution in [1.29, 1.82) is 0 Å². The van der Waals surface area contributed by atoms with E-state index in [2.05, 4.69) is 36.5 Å². The molecule has 0 aliphatic heterocycles. The summed E-state index contributed by atoms with van der Waals surface area (Å²) in [5.74, 6) is 1.03. The molecule has 0 aromatic heterocycles. The molecule has 0 saturated carbocycles. The van der Waals surface area contributed by atoms with Crippen molar-refractivity contribution in [3.8, 4) is 11.5 Å². The number of methoxy groups -OCH3 is 2. The smallest absolute Gasteiger partial charge is 0.252 e. The van der Waals surface area contributed by atoms with Gasteiger partial charge >= 0.3 is 0 Å². The summed E-state index contributed by atoms with van der Waals surface area (Å²) in [6, 6.07) is 13.3. The average Bonchev–Trinajstić information content (AvgIpc) is 2.61. The molecule has 4 heteroatoms. The number of carbonyl (C=O) groups is 1. The molecule has 2 aromatic rings. The molecule has 2 rings (SSSR count). The maximum Gasteiger partial charge on any atom is 0.252 e. The minimum Gasteiger partial charge on any atom is -0.497 e. The van der Waals surface area contributed by atoms with E-state index >= 15 is 0 Å². The molecule has 1 N–H and O–H groups in total. The van der Waals surface area contributed by atoms with E-state index in [9.17, 15) is 4.79 Å². The Morgan fingerprint density at radius 2 is 1.61 bits per heavy atom. The van der Waals surface area contributed by atoms with Crippen LogP contribution >= 0.6 is 0 Å². The molecular formula is C19H23NO3. The molecular weight excluding hydrogens is 290 g/mol. The first kappa shape index (κ1) is 16.9. The number of hydrogen-bond acceptors (Lipinski definition) is 3. The fraction of sp³-hybridized carbons (Fsp3) is 0.316. The van der Waals surface area contributed by atoms with E-state index in [0.717, 1.165) is 12.0 Å². The molecule has 0 aliphatic rings. The second-order valence-corrected chi connectivity index (χ2v) is 5.39. The molecule has 122 valence electrons. The second kappa shape index (κ2) is 7.68. The van der Waals surface area contributed by atoms with Gasteiger partial charge in [-0.15, -0.1) is 0 Å². The largest absolute Gasteiger partial charge is 0.497 e. The van der Waals surface area contributed by atoms with E-state index in [1.807, 2.05) is 6.92 Å². The number of benzene rings is 2. The summed E-state index contributed by atoms with van der Waals surface area (Å²) in [7, 11) is 3.13. The van der Waals surface area contributed by atoms with Gasteiger partial charge in [-0.2, -0.15) is 0 Å². The third-order valence-electron chi connectivity index (χ3n) is 3.85. The minimum absolute atomic E-state index is 0.0781. The van der Waals surface area contributed by atoms with Crippen molar-refractivity contribution in [2.45, 2.75) is 26.3 Å². The van der Waals surface area contributed by atoms with Gasteiger partial charge in [-0.25, -0.2) is 0 Å². The number of nitrogens with one attached hydrogen (secondary N) is 1. The molecule has 1 atom stereocenters. The molecule has 0 unspecified atom stereocenters. The quantitative estimate of drug-likeness (QED) is 0.883. The third-order valence-corrected chi connectivity index (χ3v) is 3.85. The van der Waals surface area contributed by atoms with E-state index in [-0.39, 0.29) is 11.9 Å². The van der Waals surface area contributed by atoms with Crippen molar-refractivity contribution in [2.75, 3.05) is 14.2 Å². The highest BCUT2D eigenvalue weighted by atomic mass is 16.5. The first-order valence-corrected chi connectivity index (χ1v) is 7.70. The highest BCUT2D eigenvalue weighted by molar-refractivity contribution is 5.95. The predicted octanol–water partition coefficient (Wildman–Crippen LogP) is 3.76. The van der Waals surface area contributed by atoms with Crippen LogP contribution in [-0.2, 0) is 6.42 Å². The van der Waals surface area contributed by atoms with Gasteiger partial charge in [0.25, 0.3) is 5.91 Å². The number of amides is 1. The summed E-state index contributed by atoms with van der Waals surface area (Å²) in [5.41, 5.74) is 2.87. The first-order valence-electron chi connectivity index (χ1n) is 7.70. The first-order chi connectivity index (χ1) is 11.1. The average molecular weight is 313 g/mol. The van der Waals surface area contributed by atoms with Crippen molar-refractivity contribution in [3.63, 3.8) is 0 Å². The predicted molar refractivity (Wildman–Crippen MR) is 91.2 cm³/mol. The van der Waals surface area contributed by atoms with E-state index in [0.29, 0.717) is 17.1 Å². The Morgan fingerprint density at radius 3 is 2.09 bits per heavy atom. The van der Waals surface area contributed by atoms with Gasteiger partial charge in [0.05, 0.1) is 20.3 Å². The highest BCUT2D eigenvalue weighted by Gasteiger charge is 2.13. The molecule has 1 amide bonds. The van der Waals surface area contributed by atoms with Crippen LogP contribution in [0.4, 0.5) is 0 Å². The van der Waals surface area contributed by atoms with Crippen LogP contribution in [0.2, 0.25) is 0 Å². The fourth-order valence-corrected chi connectivity index (χ4v) is 2.34. The highest BCUT2D eigenvalue weighted by Crippen LogP contribution is 2.23. The van der Waals surface area contributed by atoms with Crippen molar-refractivity contribution < 1.29 is 14.3 Å². The summed E-state index contributed by atoms with van der Waals surface area (Å²) >= 11 is 0. The lowest BCUT2D eigenvalue weighted by Gasteiger charge is -2.16. The molecule has 0 bridgehead atoms. The monoisotopic (exact) mass is 313 g/mol. The molecule has 23 heavy (non-hydrogen) atoms. The van der Waals surface area contributed by atoms with Crippen LogP contribution in [0.1, 0.15) is 41.4 Å². The van der Waals surface area contributed by atoms with Gasteiger partial charge < -0.3 is 14.8 Å². The van der Waals surface area contributed by atoms with Gasteiger partial charge in [0.1, 0.15) is 11.5 Å². The summed E-state index contributed by atoms with van der Waals surface area (Å²) in [6.45, 7) is 4.09. The molecule has 0 spiro atoms. The number of ether oxygens (including phenoxy) is 2. The number of carbonyl (C=O) groups excluding carboxylic acids is 1. The maximum absolute atomic E-state index is 12.5. The summed E-state index contributed by atoms with van der Waals surface area (Å²) in [6.07, 6.45) is 1.00. The Morgan fingerprint density at radius 1 is 1.04 bits per heavy atom. The Labute approximate surface area is 137 Å². The van der Waals surface area contributed by atoms with Crippen molar-refractivity contribution in [1.82, 2.24) is 5.32 Å². The molecule has 0 fully saturated rings. The van der Waals surface area contributed by atoms with Crippen LogP contribution < -0.4 is 14.8 Å². The zero-order chi connectivity index (χ0) is 16.8. The normalized spacial score (nSPS) is 11.7. The van der Waals surface area contributed by atoms with Gasteiger partial charge in [-0.1, -0.05) is 31.2 Å². The van der Waals surface area contributed by atoms with Crippen LogP contribution in [0, 0.1) is 0 Å². The van der Waals surface area contributed by atoms with Crippen LogP contribution in [0.5, 0.6) is 11.5 Å². The fourth-order valence-electron chi connectivity index (χ4n) is 2.34. The summed E-state index contributed by atoms with van der Waals surface area (Å²) in [5, 5.41) is 3.00. The molecule has 0 heterocycles. The molecule has 0 aliphatic carbocycles. The molecule has 2 aromatic carbocycles. The summed E-state index contributed by atoms with van der Waals surface area (Å²) in [4.78, 5) is 12.5. The molecule has 4 nitrogen and oxygen atoms in total. The van der Waals surface area contributed by atoms with Crippen molar-refractivity contribution in [3.05, 3.63) is 59.2 Å². The van der Waals surface area contributed by atoms with E-state index in [1.54, 1.807) is 32.4 Å². The topological polar surface area (TPSA) is 47.6 Å². The van der Waals surface area contributed by atoms with Crippen molar-refractivity contribution >= 4 is 5.91 Å². The number of hydrogen-bond donors (Lipinski definition) is 1. The zero-order valence-corrected chi connectivity index (χ0v) is 14.1. The lowest BCUT2D eigenvalue weighted by atomic mass is 10.0. The van der Waals surface area contributed by atoms with E-state index in [1.165, 1.54) is 5.56 Å². The third kappa shape index (κ3) is 4.25. The lowest BCUT2D eigenvalue weighted by Crippen LogP contribution is -2.26. The van der Waals surface area contributed by atoms with Gasteiger partial charge in [0, 0.05) is 11.6 Å². The Kier molecular flexibility index (Phi) is 5.63. The Bertz CT molecular complexity index is 643. The van der Waals surface area contributed by atoms with Gasteiger partial charge in [0.15, 0.2) is 0 Å². The van der Waals surface area contributed by atoms with E-state index in [4.69, 9.17) is 9.47 Å². The van der Waals surface area contributed by atoms with Gasteiger partial charge in [-0.05, 0) is 36.6 Å². The molecule has 0 radical (unpaired) electrons. The van der Waals surface area contributed by atoms with Crippen molar-refractivity contribution in [2.24, 2.45) is 0 Å². The number of aryl methyl sites for hydroxylation is 1. The molecule has 0 saturated heterocycles. The maximum atomic E-state index is 12.5. The standard InChI is InChI=1S/C19H23NO3/c1-5-14-6-8-15(9-7-14)13(2)20-19(21)16-10-17(22-3)12-18(11-16)23-4/h6-13H,5H2,1-4H3,(H,20,21)/t13-/m0/s1.